The van der Waals surface area contributed by atoms with Crippen LogP contribution < -0.4 is 11.1 Å². The van der Waals surface area contributed by atoms with E-state index in [0.717, 1.165) is 10.2 Å². The van der Waals surface area contributed by atoms with Gasteiger partial charge >= 0.3 is 0 Å². The lowest BCUT2D eigenvalue weighted by Crippen LogP contribution is -2.36. The summed E-state index contributed by atoms with van der Waals surface area (Å²) in [5.74, 6) is 0.287. The maximum absolute atomic E-state index is 11.7. The van der Waals surface area contributed by atoms with Crippen molar-refractivity contribution in [3.05, 3.63) is 28.7 Å². The van der Waals surface area contributed by atoms with Gasteiger partial charge in [0.2, 0.25) is 5.91 Å². The monoisotopic (exact) mass is 320 g/mol. The summed E-state index contributed by atoms with van der Waals surface area (Å²) in [6.45, 7) is 4.10. The van der Waals surface area contributed by atoms with Gasteiger partial charge < -0.3 is 11.1 Å². The number of benzene rings is 1. The number of amides is 1. The number of hydrogen-bond acceptors (Lipinski definition) is 2. The van der Waals surface area contributed by atoms with Crippen molar-refractivity contribution in [3.63, 3.8) is 0 Å². The second-order valence-corrected chi connectivity index (χ2v) is 5.15. The quantitative estimate of drug-likeness (QED) is 0.895. The van der Waals surface area contributed by atoms with Crippen LogP contribution in [0.4, 0.5) is 5.69 Å². The van der Waals surface area contributed by atoms with Crippen molar-refractivity contribution in [3.8, 4) is 0 Å². The zero-order valence-electron chi connectivity index (χ0n) is 9.94. The first-order valence-electron chi connectivity index (χ1n) is 5.31. The van der Waals surface area contributed by atoms with Crippen LogP contribution in [0.25, 0.3) is 0 Å². The Morgan fingerprint density at radius 1 is 1.47 bits per heavy atom. The average molecular weight is 322 g/mol. The van der Waals surface area contributed by atoms with Crippen LogP contribution in [0, 0.1) is 5.92 Å². The van der Waals surface area contributed by atoms with Gasteiger partial charge in [0.05, 0.1) is 6.04 Å². The average Bonchev–Trinajstić information content (AvgIpc) is 2.16. The summed E-state index contributed by atoms with van der Waals surface area (Å²) in [5, 5.41) is 2.79. The lowest BCUT2D eigenvalue weighted by molar-refractivity contribution is -0.117. The van der Waals surface area contributed by atoms with Gasteiger partial charge in [-0.3, -0.25) is 4.79 Å². The van der Waals surface area contributed by atoms with Crippen LogP contribution in [-0.2, 0) is 4.79 Å². The first-order chi connectivity index (χ1) is 7.49. The molecule has 0 aliphatic carbocycles. The Labute approximate surface area is 117 Å². The van der Waals surface area contributed by atoms with Crippen molar-refractivity contribution < 1.29 is 4.79 Å². The van der Waals surface area contributed by atoms with E-state index in [1.807, 2.05) is 38.1 Å². The summed E-state index contributed by atoms with van der Waals surface area (Å²) in [6, 6.07) is 7.02. The van der Waals surface area contributed by atoms with E-state index < -0.39 is 6.04 Å². The van der Waals surface area contributed by atoms with E-state index in [4.69, 9.17) is 5.73 Å². The molecule has 1 atom stereocenters. The minimum absolute atomic E-state index is 0. The molecule has 1 amide bonds. The van der Waals surface area contributed by atoms with Gasteiger partial charge in [-0.05, 0) is 30.5 Å². The number of carbonyl (C=O) groups excluding carboxylic acids is 1. The Morgan fingerprint density at radius 3 is 2.65 bits per heavy atom. The van der Waals surface area contributed by atoms with E-state index in [0.29, 0.717) is 12.3 Å². The number of rotatable bonds is 4. The molecule has 0 saturated heterocycles. The first-order valence-corrected chi connectivity index (χ1v) is 6.10. The molecule has 1 aromatic carbocycles. The molecule has 1 aromatic rings. The van der Waals surface area contributed by atoms with Gasteiger partial charge in [0.1, 0.15) is 0 Å². The predicted octanol–water partition coefficient (Wildman–Crippen LogP) is 3.18. The van der Waals surface area contributed by atoms with Gasteiger partial charge in [0.15, 0.2) is 0 Å². The fourth-order valence-electron chi connectivity index (χ4n) is 1.42. The zero-order chi connectivity index (χ0) is 12.1. The number of hydrogen-bond donors (Lipinski definition) is 2. The third kappa shape index (κ3) is 6.05. The highest BCUT2D eigenvalue weighted by Crippen LogP contribution is 2.16. The van der Waals surface area contributed by atoms with Crippen molar-refractivity contribution in [2.45, 2.75) is 26.3 Å². The minimum Gasteiger partial charge on any atom is -0.325 e. The second kappa shape index (κ2) is 7.69. The van der Waals surface area contributed by atoms with Gasteiger partial charge in [-0.1, -0.05) is 35.8 Å². The van der Waals surface area contributed by atoms with Gasteiger partial charge in [0, 0.05) is 10.2 Å². The van der Waals surface area contributed by atoms with Gasteiger partial charge in [-0.2, -0.15) is 0 Å². The van der Waals surface area contributed by atoms with Crippen LogP contribution in [-0.4, -0.2) is 11.9 Å². The molecule has 96 valence electrons. The molecule has 1 rings (SSSR count). The Balaban J connectivity index is 0.00000256. The molecule has 0 unspecified atom stereocenters. The lowest BCUT2D eigenvalue weighted by Gasteiger charge is -2.14. The Morgan fingerprint density at radius 2 is 2.12 bits per heavy atom. The molecule has 5 heteroatoms. The molecule has 0 heterocycles. The minimum atomic E-state index is -0.445. The topological polar surface area (TPSA) is 55.1 Å². The molecular weight excluding hydrogens is 304 g/mol. The summed E-state index contributed by atoms with van der Waals surface area (Å²) >= 11 is 3.35. The summed E-state index contributed by atoms with van der Waals surface area (Å²) in [7, 11) is 0. The fraction of sp³-hybridized carbons (Fsp3) is 0.417. The second-order valence-electron chi connectivity index (χ2n) is 4.24. The Kier molecular flexibility index (Phi) is 7.43. The van der Waals surface area contributed by atoms with Crippen LogP contribution in [0.1, 0.15) is 20.3 Å². The van der Waals surface area contributed by atoms with Gasteiger partial charge in [0.25, 0.3) is 0 Å². The normalized spacial score (nSPS) is 11.8. The Bertz CT molecular complexity index is 371. The predicted molar refractivity (Wildman–Crippen MR) is 77.5 cm³/mol. The number of nitrogens with one attached hydrogen (secondary N) is 1. The van der Waals surface area contributed by atoms with Gasteiger partial charge in [-0.15, -0.1) is 12.4 Å². The molecule has 0 radical (unpaired) electrons. The molecule has 0 saturated carbocycles. The number of nitrogens with two attached hydrogens (primary N) is 1. The molecule has 0 aliphatic rings. The molecular formula is C12H18BrClN2O. The molecule has 3 nitrogen and oxygen atoms in total. The first kappa shape index (κ1) is 16.4. The summed E-state index contributed by atoms with van der Waals surface area (Å²) in [5.41, 5.74) is 6.54. The highest BCUT2D eigenvalue weighted by atomic mass is 79.9. The summed E-state index contributed by atoms with van der Waals surface area (Å²) in [6.07, 6.45) is 0.694. The third-order valence-electron chi connectivity index (χ3n) is 2.15. The molecule has 0 aromatic heterocycles. The van der Waals surface area contributed by atoms with Gasteiger partial charge in [-0.25, -0.2) is 0 Å². The number of anilines is 1. The van der Waals surface area contributed by atoms with Crippen LogP contribution >= 0.6 is 28.3 Å². The lowest BCUT2D eigenvalue weighted by atomic mass is 10.0. The van der Waals surface area contributed by atoms with Crippen LogP contribution in [0.2, 0.25) is 0 Å². The van der Waals surface area contributed by atoms with E-state index in [9.17, 15) is 4.79 Å². The van der Waals surface area contributed by atoms with Crippen molar-refractivity contribution in [2.75, 3.05) is 5.32 Å². The van der Waals surface area contributed by atoms with E-state index >= 15 is 0 Å². The fourth-order valence-corrected chi connectivity index (χ4v) is 1.82. The Hall–Kier alpha value is -0.580. The van der Waals surface area contributed by atoms with Crippen molar-refractivity contribution in [2.24, 2.45) is 11.7 Å². The van der Waals surface area contributed by atoms with Crippen LogP contribution in [0.5, 0.6) is 0 Å². The molecule has 0 bridgehead atoms. The van der Waals surface area contributed by atoms with Crippen molar-refractivity contribution in [1.29, 1.82) is 0 Å². The smallest absolute Gasteiger partial charge is 0.241 e. The molecule has 3 N–H and O–H groups in total. The molecule has 0 spiro atoms. The SMILES string of the molecule is CC(C)C[C@H](N)C(=O)Nc1cccc(Br)c1.Cl. The molecule has 0 aliphatic heterocycles. The molecule has 0 fully saturated rings. The molecule has 17 heavy (non-hydrogen) atoms. The van der Waals surface area contributed by atoms with Crippen molar-refractivity contribution >= 4 is 39.9 Å². The number of halogens is 2. The highest BCUT2D eigenvalue weighted by molar-refractivity contribution is 9.10. The van der Waals surface area contributed by atoms with E-state index in [-0.39, 0.29) is 18.3 Å². The van der Waals surface area contributed by atoms with E-state index in [1.54, 1.807) is 0 Å². The van der Waals surface area contributed by atoms with Crippen LogP contribution in [0.3, 0.4) is 0 Å². The largest absolute Gasteiger partial charge is 0.325 e. The van der Waals surface area contributed by atoms with Crippen molar-refractivity contribution in [1.82, 2.24) is 0 Å². The summed E-state index contributed by atoms with van der Waals surface area (Å²) in [4.78, 5) is 11.7. The third-order valence-corrected chi connectivity index (χ3v) is 2.65. The van der Waals surface area contributed by atoms with E-state index in [1.165, 1.54) is 0 Å². The van der Waals surface area contributed by atoms with Crippen LogP contribution in [0.15, 0.2) is 28.7 Å². The maximum Gasteiger partial charge on any atom is 0.241 e. The number of carbonyl (C=O) groups is 1. The maximum atomic E-state index is 11.7. The highest BCUT2D eigenvalue weighted by Gasteiger charge is 2.14. The zero-order valence-corrected chi connectivity index (χ0v) is 12.3. The van der Waals surface area contributed by atoms with E-state index in [2.05, 4.69) is 21.2 Å². The summed E-state index contributed by atoms with van der Waals surface area (Å²) < 4.78 is 0.933. The standard InChI is InChI=1S/C12H17BrN2O.ClH/c1-8(2)6-11(14)12(16)15-10-5-3-4-9(13)7-10;/h3-5,7-8,11H,6,14H2,1-2H3,(H,15,16);1H/t11-;/m0./s1.